The zero-order valence-corrected chi connectivity index (χ0v) is 22.4. The Kier molecular flexibility index (Phi) is 8.86. The molecule has 0 aromatic heterocycles. The number of benzene rings is 2. The van der Waals surface area contributed by atoms with Gasteiger partial charge in [-0.2, -0.15) is 0 Å². The molecule has 1 aliphatic carbocycles. The third-order valence-electron chi connectivity index (χ3n) is 6.73. The van der Waals surface area contributed by atoms with Gasteiger partial charge >= 0.3 is 0 Å². The standard InChI is InChI=1S/C28H39NO5S/c1-20-7-8-21(2)26(19-20)33-18-6-17-28(3,4)27(30)29-22-9-11-23(12-10-22)34-24-13-15-25(16-14-24)35(5,31)32/h7-8,13-16,19,22-23H,6,9-12,17-18H2,1-5H3,(H,29,30)/t22-,23-. The lowest BCUT2D eigenvalue weighted by Crippen LogP contribution is -2.45. The molecule has 1 N–H and O–H groups in total. The molecule has 192 valence electrons. The first-order chi connectivity index (χ1) is 16.4. The highest BCUT2D eigenvalue weighted by atomic mass is 32.2. The fourth-order valence-electron chi connectivity index (χ4n) is 4.34. The van der Waals surface area contributed by atoms with Crippen molar-refractivity contribution in [3.8, 4) is 11.5 Å². The number of carbonyl (C=O) groups excluding carboxylic acids is 1. The first kappa shape index (κ1) is 27.1. The fraction of sp³-hybridized carbons (Fsp3) is 0.536. The van der Waals surface area contributed by atoms with Crippen LogP contribution in [0, 0.1) is 19.3 Å². The van der Waals surface area contributed by atoms with E-state index in [9.17, 15) is 13.2 Å². The van der Waals surface area contributed by atoms with Gasteiger partial charge in [0, 0.05) is 17.7 Å². The molecule has 0 spiro atoms. The van der Waals surface area contributed by atoms with Crippen LogP contribution < -0.4 is 14.8 Å². The molecule has 0 atom stereocenters. The number of ether oxygens (including phenoxy) is 2. The van der Waals surface area contributed by atoms with Crippen molar-refractivity contribution in [1.82, 2.24) is 5.32 Å². The number of carbonyl (C=O) groups is 1. The average molecular weight is 502 g/mol. The summed E-state index contributed by atoms with van der Waals surface area (Å²) in [5.41, 5.74) is 1.84. The van der Waals surface area contributed by atoms with Crippen LogP contribution in [-0.4, -0.2) is 39.3 Å². The van der Waals surface area contributed by atoms with Gasteiger partial charge in [0.2, 0.25) is 5.91 Å². The minimum Gasteiger partial charge on any atom is -0.493 e. The summed E-state index contributed by atoms with van der Waals surface area (Å²) in [7, 11) is -3.21. The molecule has 0 saturated heterocycles. The predicted octanol–water partition coefficient (Wildman–Crippen LogP) is 5.40. The van der Waals surface area contributed by atoms with Gasteiger partial charge in [-0.25, -0.2) is 8.42 Å². The van der Waals surface area contributed by atoms with Gasteiger partial charge in [0.25, 0.3) is 0 Å². The first-order valence-corrected chi connectivity index (χ1v) is 14.3. The van der Waals surface area contributed by atoms with E-state index in [1.807, 2.05) is 20.8 Å². The lowest BCUT2D eigenvalue weighted by Gasteiger charge is -2.32. The second-order valence-electron chi connectivity index (χ2n) is 10.4. The predicted molar refractivity (Wildman–Crippen MR) is 139 cm³/mol. The second kappa shape index (κ2) is 11.5. The minimum atomic E-state index is -3.21. The van der Waals surface area contributed by atoms with E-state index < -0.39 is 15.3 Å². The largest absolute Gasteiger partial charge is 0.493 e. The third kappa shape index (κ3) is 7.99. The maximum absolute atomic E-state index is 12.9. The Morgan fingerprint density at radius 1 is 1.03 bits per heavy atom. The van der Waals surface area contributed by atoms with Crippen molar-refractivity contribution in [2.45, 2.75) is 83.3 Å². The Bertz CT molecular complexity index is 1100. The lowest BCUT2D eigenvalue weighted by atomic mass is 9.85. The van der Waals surface area contributed by atoms with Crippen LogP contribution in [0.25, 0.3) is 0 Å². The summed E-state index contributed by atoms with van der Waals surface area (Å²) in [4.78, 5) is 13.2. The quantitative estimate of drug-likeness (QED) is 0.441. The Balaban J connectivity index is 1.39. The van der Waals surface area contributed by atoms with E-state index in [0.29, 0.717) is 12.4 Å². The van der Waals surface area contributed by atoms with Gasteiger partial charge in [-0.3, -0.25) is 4.79 Å². The van der Waals surface area contributed by atoms with Crippen molar-refractivity contribution in [3.05, 3.63) is 53.6 Å². The van der Waals surface area contributed by atoms with E-state index in [4.69, 9.17) is 9.47 Å². The number of rotatable bonds is 10. The molecule has 1 fully saturated rings. The number of hydrogen-bond donors (Lipinski definition) is 1. The van der Waals surface area contributed by atoms with Gasteiger partial charge < -0.3 is 14.8 Å². The normalized spacial score (nSPS) is 18.7. The van der Waals surface area contributed by atoms with E-state index in [1.54, 1.807) is 24.3 Å². The van der Waals surface area contributed by atoms with Gasteiger partial charge in [0.1, 0.15) is 11.5 Å². The lowest BCUT2D eigenvalue weighted by molar-refractivity contribution is -0.130. The van der Waals surface area contributed by atoms with Crippen molar-refractivity contribution >= 4 is 15.7 Å². The topological polar surface area (TPSA) is 81.7 Å². The summed E-state index contributed by atoms with van der Waals surface area (Å²) in [6.45, 7) is 8.68. The molecule has 2 aromatic carbocycles. The van der Waals surface area contributed by atoms with Crippen molar-refractivity contribution in [1.29, 1.82) is 0 Å². The molecular weight excluding hydrogens is 462 g/mol. The van der Waals surface area contributed by atoms with E-state index >= 15 is 0 Å². The number of aryl methyl sites for hydroxylation is 2. The Morgan fingerprint density at radius 2 is 1.69 bits per heavy atom. The van der Waals surface area contributed by atoms with E-state index in [2.05, 4.69) is 30.4 Å². The van der Waals surface area contributed by atoms with Crippen LogP contribution in [-0.2, 0) is 14.6 Å². The van der Waals surface area contributed by atoms with Crippen LogP contribution in [0.5, 0.6) is 11.5 Å². The average Bonchev–Trinajstić information content (AvgIpc) is 2.80. The summed E-state index contributed by atoms with van der Waals surface area (Å²) in [5, 5.41) is 3.24. The van der Waals surface area contributed by atoms with Crippen LogP contribution in [0.1, 0.15) is 63.5 Å². The maximum Gasteiger partial charge on any atom is 0.225 e. The molecule has 6 nitrogen and oxygen atoms in total. The van der Waals surface area contributed by atoms with Gasteiger partial charge in [0.05, 0.1) is 17.6 Å². The van der Waals surface area contributed by atoms with Crippen LogP contribution in [0.15, 0.2) is 47.4 Å². The summed E-state index contributed by atoms with van der Waals surface area (Å²) >= 11 is 0. The SMILES string of the molecule is Cc1ccc(C)c(OCCCC(C)(C)C(=O)N[C@H]2CC[C@H](Oc3ccc(S(C)(=O)=O)cc3)CC2)c1. The maximum atomic E-state index is 12.9. The van der Waals surface area contributed by atoms with Gasteiger partial charge in [-0.1, -0.05) is 26.0 Å². The molecule has 2 aromatic rings. The van der Waals surface area contributed by atoms with Crippen LogP contribution in [0.2, 0.25) is 0 Å². The van der Waals surface area contributed by atoms with Crippen molar-refractivity contribution in [3.63, 3.8) is 0 Å². The summed E-state index contributed by atoms with van der Waals surface area (Å²) in [6, 6.07) is 12.9. The highest BCUT2D eigenvalue weighted by molar-refractivity contribution is 7.90. The van der Waals surface area contributed by atoms with Crippen LogP contribution in [0.4, 0.5) is 0 Å². The third-order valence-corrected chi connectivity index (χ3v) is 7.85. The van der Waals surface area contributed by atoms with E-state index in [1.165, 1.54) is 11.8 Å². The van der Waals surface area contributed by atoms with Gasteiger partial charge in [-0.05, 0) is 93.8 Å². The monoisotopic (exact) mass is 501 g/mol. The van der Waals surface area contributed by atoms with Crippen molar-refractivity contribution < 1.29 is 22.7 Å². The Morgan fingerprint density at radius 3 is 2.31 bits per heavy atom. The highest BCUT2D eigenvalue weighted by Crippen LogP contribution is 2.28. The molecule has 0 aliphatic heterocycles. The first-order valence-electron chi connectivity index (χ1n) is 12.4. The summed E-state index contributed by atoms with van der Waals surface area (Å²) < 4.78 is 35.2. The molecule has 0 heterocycles. The van der Waals surface area contributed by atoms with Crippen LogP contribution >= 0.6 is 0 Å². The molecule has 1 saturated carbocycles. The molecule has 1 amide bonds. The zero-order valence-electron chi connectivity index (χ0n) is 21.6. The zero-order chi connectivity index (χ0) is 25.6. The fourth-order valence-corrected chi connectivity index (χ4v) is 4.97. The number of sulfone groups is 1. The number of hydrogen-bond acceptors (Lipinski definition) is 5. The van der Waals surface area contributed by atoms with E-state index in [-0.39, 0.29) is 22.9 Å². The van der Waals surface area contributed by atoms with Crippen molar-refractivity contribution in [2.75, 3.05) is 12.9 Å². The van der Waals surface area contributed by atoms with Gasteiger partial charge in [0.15, 0.2) is 9.84 Å². The molecule has 3 rings (SSSR count). The molecule has 0 radical (unpaired) electrons. The molecular formula is C28H39NO5S. The van der Waals surface area contributed by atoms with Crippen LogP contribution in [0.3, 0.4) is 0 Å². The number of nitrogens with one attached hydrogen (secondary N) is 1. The Labute approximate surface area is 210 Å². The second-order valence-corrected chi connectivity index (χ2v) is 12.4. The molecule has 0 bridgehead atoms. The Hall–Kier alpha value is -2.54. The number of amides is 1. The highest BCUT2D eigenvalue weighted by Gasteiger charge is 2.31. The van der Waals surface area contributed by atoms with E-state index in [0.717, 1.165) is 49.8 Å². The molecule has 1 aliphatic rings. The molecule has 7 heteroatoms. The summed E-state index contributed by atoms with van der Waals surface area (Å²) in [5.74, 6) is 1.68. The van der Waals surface area contributed by atoms with Gasteiger partial charge in [-0.15, -0.1) is 0 Å². The minimum absolute atomic E-state index is 0.0717. The molecule has 35 heavy (non-hydrogen) atoms. The smallest absolute Gasteiger partial charge is 0.225 e. The van der Waals surface area contributed by atoms with Crippen molar-refractivity contribution in [2.24, 2.45) is 5.41 Å². The molecule has 0 unspecified atom stereocenters. The summed E-state index contributed by atoms with van der Waals surface area (Å²) in [6.07, 6.45) is 6.26.